The third-order valence-corrected chi connectivity index (χ3v) is 17.5. The van der Waals surface area contributed by atoms with Gasteiger partial charge in [-0.1, -0.05) is 228 Å². The molecule has 5 atom stereocenters. The van der Waals surface area contributed by atoms with Crippen molar-refractivity contribution in [3.63, 3.8) is 0 Å². The van der Waals surface area contributed by atoms with E-state index in [2.05, 4.69) is 39.5 Å². The average molecular weight is 1630 g/mol. The highest BCUT2D eigenvalue weighted by atomic mass is 16.7. The fourth-order valence-corrected chi connectivity index (χ4v) is 11.9. The Morgan fingerprint density at radius 1 is 0.283 bits per heavy atom. The highest BCUT2D eigenvalue weighted by Crippen LogP contribution is 2.46. The molecule has 120 heavy (non-hydrogen) atoms. The standard InChI is InChI=1S/C94H86O26/c1-7-38-104-74-48-67(49-75(105-39-8-2)83(74)112-56-62-32-22-15-23-33-62)89(99)115-59-80-86(117-90(100)65-44-70(95)81(71(96)45-65)110-54-60-28-18-13-19-29-60)87(118-91(101)66-46-72(97)82(73(98)47-66)111-55-61-30-20-14-21-31-61)88(119-92(102)68-50-76(106-40-9-3)84(77(51-68)107-41-10-4)113-57-63-34-24-16-25-35-63)94(116-80)120-93(103)69-52-78(108-42-11-5)85(79(53-69)109-43-12-6)114-58-64-36-26-17-27-37-64/h7-37,44-53,80,86-88,94-98H,1-6,38-43,54-59H2/t80-,86-,87+,88-,94+/m1/s1. The van der Waals surface area contributed by atoms with Gasteiger partial charge in [0.05, 0.1) is 27.8 Å². The van der Waals surface area contributed by atoms with Gasteiger partial charge in [0, 0.05) is 0 Å². The number of carbonyl (C=O) groups excluding carboxylic acids is 5. The fraction of sp³-hybridized carbons (Fsp3) is 0.181. The van der Waals surface area contributed by atoms with E-state index in [-0.39, 0.29) is 136 Å². The van der Waals surface area contributed by atoms with E-state index in [9.17, 15) is 20.4 Å². The number of ether oxygens (including phenoxy) is 17. The molecule has 1 fully saturated rings. The minimum absolute atomic E-state index is 0.00309. The molecule has 0 spiro atoms. The molecule has 1 aliphatic heterocycles. The summed E-state index contributed by atoms with van der Waals surface area (Å²) in [5.74, 6) is -11.2. The van der Waals surface area contributed by atoms with E-state index in [4.69, 9.17) is 80.5 Å². The van der Waals surface area contributed by atoms with Gasteiger partial charge in [0.1, 0.15) is 85.4 Å². The van der Waals surface area contributed by atoms with Crippen LogP contribution in [0.3, 0.4) is 0 Å². The van der Waals surface area contributed by atoms with Gasteiger partial charge in [-0.15, -0.1) is 0 Å². The Labute approximate surface area is 691 Å². The maximum atomic E-state index is 15.8. The number of benzene rings is 10. The number of hydrogen-bond acceptors (Lipinski definition) is 26. The molecule has 0 aliphatic carbocycles. The summed E-state index contributed by atoms with van der Waals surface area (Å²) in [7, 11) is 0. The first-order chi connectivity index (χ1) is 58.5. The summed E-state index contributed by atoms with van der Waals surface area (Å²) in [4.78, 5) is 77.6. The highest BCUT2D eigenvalue weighted by molar-refractivity contribution is 5.95. The Morgan fingerprint density at radius 3 is 0.792 bits per heavy atom. The van der Waals surface area contributed by atoms with Gasteiger partial charge >= 0.3 is 29.8 Å². The monoisotopic (exact) mass is 1630 g/mol. The van der Waals surface area contributed by atoms with Crippen molar-refractivity contribution in [2.45, 2.75) is 63.7 Å². The zero-order valence-electron chi connectivity index (χ0n) is 65.1. The van der Waals surface area contributed by atoms with E-state index in [1.165, 1.54) is 72.9 Å². The number of rotatable bonds is 44. The van der Waals surface area contributed by atoms with Crippen LogP contribution in [0.1, 0.15) is 79.6 Å². The molecule has 4 N–H and O–H groups in total. The van der Waals surface area contributed by atoms with Crippen LogP contribution in [0.4, 0.5) is 0 Å². The zero-order valence-corrected chi connectivity index (χ0v) is 65.1. The molecule has 10 aromatic rings. The molecule has 0 aromatic heterocycles. The van der Waals surface area contributed by atoms with Gasteiger partial charge in [0.2, 0.25) is 41.1 Å². The minimum Gasteiger partial charge on any atom is -0.504 e. The van der Waals surface area contributed by atoms with Crippen molar-refractivity contribution in [2.75, 3.05) is 46.2 Å². The number of phenols is 4. The molecular weight excluding hydrogens is 1550 g/mol. The van der Waals surface area contributed by atoms with Crippen molar-refractivity contribution < 1.29 is 125 Å². The van der Waals surface area contributed by atoms with Crippen molar-refractivity contribution in [1.29, 1.82) is 0 Å². The molecule has 1 heterocycles. The second-order valence-corrected chi connectivity index (χ2v) is 26.2. The number of hydrogen-bond donors (Lipinski definition) is 4. The first kappa shape index (κ1) is 85.8. The van der Waals surface area contributed by atoms with Crippen LogP contribution in [-0.2, 0) is 61.5 Å². The zero-order chi connectivity index (χ0) is 84.7. The molecule has 26 nitrogen and oxygen atoms in total. The number of esters is 5. The molecule has 10 aromatic carbocycles. The summed E-state index contributed by atoms with van der Waals surface area (Å²) in [6, 6.07) is 55.6. The van der Waals surface area contributed by atoms with Crippen molar-refractivity contribution in [2.24, 2.45) is 0 Å². The van der Waals surface area contributed by atoms with Gasteiger partial charge < -0.3 is 101 Å². The van der Waals surface area contributed by atoms with Crippen LogP contribution in [0.25, 0.3) is 0 Å². The van der Waals surface area contributed by atoms with Crippen molar-refractivity contribution in [3.05, 3.63) is 344 Å². The third kappa shape index (κ3) is 23.2. The van der Waals surface area contributed by atoms with Crippen molar-refractivity contribution in [3.8, 4) is 86.2 Å². The largest absolute Gasteiger partial charge is 0.504 e. The SMILES string of the molecule is C=CCOc1cc(C(=O)OC[C@H]2O[C@@H](OC(=O)c3cc(OCC=C)c(OCc4ccccc4)c(OCC=C)c3)[C@H](OC(=O)c3cc(OCC=C)c(OCc4ccccc4)c(OCC=C)c3)[C@@H](OC(=O)c3cc(O)c(OCc4ccccc4)c(O)c3)[C@@H]2OC(=O)c2cc(O)c(OCc3ccccc3)c(O)c2)cc(OCC=C)c1OCc1ccccc1. The van der Waals surface area contributed by atoms with E-state index in [0.717, 1.165) is 41.0 Å². The molecule has 0 bridgehead atoms. The Kier molecular flexibility index (Phi) is 30.8. The Bertz CT molecular complexity index is 5090. The molecule has 1 aliphatic rings. The molecule has 0 unspecified atom stereocenters. The van der Waals surface area contributed by atoms with Gasteiger partial charge in [-0.3, -0.25) is 0 Å². The summed E-state index contributed by atoms with van der Waals surface area (Å²) in [6.07, 6.45) is -3.11. The summed E-state index contributed by atoms with van der Waals surface area (Å²) in [6.45, 7) is 20.4. The van der Waals surface area contributed by atoms with Crippen LogP contribution in [0, 0.1) is 0 Å². The second kappa shape index (κ2) is 43.1. The summed E-state index contributed by atoms with van der Waals surface area (Å²) in [5, 5.41) is 46.5. The maximum Gasteiger partial charge on any atom is 0.340 e. The van der Waals surface area contributed by atoms with Gasteiger partial charge in [0.15, 0.2) is 69.7 Å². The summed E-state index contributed by atoms with van der Waals surface area (Å²) < 4.78 is 106. The first-order valence-corrected chi connectivity index (χ1v) is 37.5. The topological polar surface area (TPSA) is 323 Å². The summed E-state index contributed by atoms with van der Waals surface area (Å²) >= 11 is 0. The van der Waals surface area contributed by atoms with Crippen LogP contribution in [0.2, 0.25) is 0 Å². The first-order valence-electron chi connectivity index (χ1n) is 37.5. The fourth-order valence-electron chi connectivity index (χ4n) is 11.9. The average Bonchev–Trinajstić information content (AvgIpc) is 0.763. The van der Waals surface area contributed by atoms with Crippen LogP contribution in [0.15, 0.2) is 288 Å². The van der Waals surface area contributed by atoms with Crippen molar-refractivity contribution in [1.82, 2.24) is 0 Å². The molecule has 0 saturated carbocycles. The predicted octanol–water partition coefficient (Wildman–Crippen LogP) is 16.2. The molecule has 26 heteroatoms. The lowest BCUT2D eigenvalue weighted by Gasteiger charge is -2.44. The summed E-state index contributed by atoms with van der Waals surface area (Å²) in [5.41, 5.74) is 1.20. The number of carbonyl (C=O) groups is 5. The van der Waals surface area contributed by atoms with Crippen LogP contribution in [0.5, 0.6) is 86.2 Å². The Balaban J connectivity index is 1.09. The lowest BCUT2D eigenvalue weighted by molar-refractivity contribution is -0.282. The lowest BCUT2D eigenvalue weighted by atomic mass is 9.97. The lowest BCUT2D eigenvalue weighted by Crippen LogP contribution is -2.63. The molecular formula is C94H86O26. The Hall–Kier alpha value is -15.1. The quantitative estimate of drug-likeness (QED) is 0.0157. The number of phenolic OH excluding ortho intramolecular Hbond substituents is 4. The highest BCUT2D eigenvalue weighted by Gasteiger charge is 2.55. The molecule has 0 amide bonds. The van der Waals surface area contributed by atoms with Crippen LogP contribution < -0.4 is 52.1 Å². The van der Waals surface area contributed by atoms with Crippen LogP contribution >= 0.6 is 0 Å². The van der Waals surface area contributed by atoms with Gasteiger partial charge in [-0.25, -0.2) is 24.0 Å². The molecule has 11 rings (SSSR count). The predicted molar refractivity (Wildman–Crippen MR) is 439 cm³/mol. The molecule has 618 valence electrons. The minimum atomic E-state index is -2.44. The Morgan fingerprint density at radius 2 is 0.517 bits per heavy atom. The van der Waals surface area contributed by atoms with E-state index in [1.54, 1.807) is 72.8 Å². The van der Waals surface area contributed by atoms with E-state index in [0.29, 0.717) is 11.1 Å². The van der Waals surface area contributed by atoms with Gasteiger partial charge in [-0.05, 0) is 88.5 Å². The normalized spacial score (nSPS) is 14.4. The maximum absolute atomic E-state index is 15.8. The third-order valence-electron chi connectivity index (χ3n) is 17.5. The second-order valence-electron chi connectivity index (χ2n) is 26.2. The van der Waals surface area contributed by atoms with E-state index in [1.807, 2.05) is 78.9 Å². The van der Waals surface area contributed by atoms with Crippen LogP contribution in [-0.4, -0.2) is 127 Å². The molecule has 0 radical (unpaired) electrons. The smallest absolute Gasteiger partial charge is 0.340 e. The van der Waals surface area contributed by atoms with E-state index >= 15 is 24.0 Å². The van der Waals surface area contributed by atoms with Crippen molar-refractivity contribution >= 4 is 29.8 Å². The number of aromatic hydroxyl groups is 4. The molecule has 1 saturated heterocycles. The van der Waals surface area contributed by atoms with E-state index < -0.39 is 118 Å². The van der Waals surface area contributed by atoms with Gasteiger partial charge in [-0.2, -0.15) is 0 Å². The van der Waals surface area contributed by atoms with Gasteiger partial charge in [0.25, 0.3) is 0 Å².